The number of carbonyl (C=O) groups excluding carboxylic acids is 1. The molecule has 0 fully saturated rings. The SMILES string of the molecule is COc1ccc2c(c1)CN(C(=O)Cn1cnc3ccccc3c1=O)CC2. The van der Waals surface area contributed by atoms with Crippen LogP contribution in [0, 0.1) is 0 Å². The summed E-state index contributed by atoms with van der Waals surface area (Å²) >= 11 is 0. The van der Waals surface area contributed by atoms with Crippen molar-refractivity contribution >= 4 is 16.8 Å². The van der Waals surface area contributed by atoms with Crippen molar-refractivity contribution in [3.63, 3.8) is 0 Å². The summed E-state index contributed by atoms with van der Waals surface area (Å²) in [5, 5.41) is 0.525. The van der Waals surface area contributed by atoms with E-state index in [-0.39, 0.29) is 18.0 Å². The van der Waals surface area contributed by atoms with Gasteiger partial charge in [-0.3, -0.25) is 14.2 Å². The molecule has 0 saturated heterocycles. The number of aromatic nitrogens is 2. The molecule has 132 valence electrons. The predicted octanol–water partition coefficient (Wildman–Crippen LogP) is 1.99. The third-order valence-electron chi connectivity index (χ3n) is 4.82. The third-order valence-corrected chi connectivity index (χ3v) is 4.82. The van der Waals surface area contributed by atoms with Crippen molar-refractivity contribution in [2.24, 2.45) is 0 Å². The summed E-state index contributed by atoms with van der Waals surface area (Å²) in [4.78, 5) is 31.3. The van der Waals surface area contributed by atoms with Crippen LogP contribution in [0.15, 0.2) is 53.6 Å². The fourth-order valence-electron chi connectivity index (χ4n) is 3.34. The van der Waals surface area contributed by atoms with Gasteiger partial charge in [0.05, 0.1) is 24.3 Å². The number of methoxy groups -OCH3 is 1. The Morgan fingerprint density at radius 2 is 2.04 bits per heavy atom. The van der Waals surface area contributed by atoms with Gasteiger partial charge in [-0.15, -0.1) is 0 Å². The molecule has 1 amide bonds. The Balaban J connectivity index is 1.55. The number of fused-ring (bicyclic) bond motifs is 2. The van der Waals surface area contributed by atoms with Crippen LogP contribution in [-0.2, 0) is 24.3 Å². The fraction of sp³-hybridized carbons (Fsp3) is 0.250. The highest BCUT2D eigenvalue weighted by molar-refractivity contribution is 5.79. The van der Waals surface area contributed by atoms with Crippen molar-refractivity contribution in [2.75, 3.05) is 13.7 Å². The molecule has 0 bridgehead atoms. The molecule has 0 unspecified atom stereocenters. The van der Waals surface area contributed by atoms with E-state index in [0.29, 0.717) is 24.0 Å². The molecule has 1 aliphatic rings. The lowest BCUT2D eigenvalue weighted by molar-refractivity contribution is -0.132. The monoisotopic (exact) mass is 349 g/mol. The average molecular weight is 349 g/mol. The van der Waals surface area contributed by atoms with Gasteiger partial charge in [0.15, 0.2) is 0 Å². The Morgan fingerprint density at radius 3 is 2.88 bits per heavy atom. The van der Waals surface area contributed by atoms with Gasteiger partial charge in [-0.2, -0.15) is 0 Å². The van der Waals surface area contributed by atoms with Crippen LogP contribution in [0.5, 0.6) is 5.75 Å². The summed E-state index contributed by atoms with van der Waals surface area (Å²) in [6, 6.07) is 13.1. The van der Waals surface area contributed by atoms with Crippen molar-refractivity contribution in [2.45, 2.75) is 19.5 Å². The van der Waals surface area contributed by atoms with E-state index in [1.54, 1.807) is 30.2 Å². The lowest BCUT2D eigenvalue weighted by Crippen LogP contribution is -2.39. The highest BCUT2D eigenvalue weighted by atomic mass is 16.5. The van der Waals surface area contributed by atoms with Crippen molar-refractivity contribution in [1.82, 2.24) is 14.5 Å². The molecule has 0 atom stereocenters. The van der Waals surface area contributed by atoms with Crippen LogP contribution in [0.4, 0.5) is 0 Å². The van der Waals surface area contributed by atoms with E-state index in [4.69, 9.17) is 4.74 Å². The molecule has 0 N–H and O–H groups in total. The third kappa shape index (κ3) is 2.94. The lowest BCUT2D eigenvalue weighted by Gasteiger charge is -2.29. The van der Waals surface area contributed by atoms with Gasteiger partial charge in [0.2, 0.25) is 5.91 Å². The Kier molecular flexibility index (Phi) is 4.16. The molecule has 0 saturated carbocycles. The van der Waals surface area contributed by atoms with Gasteiger partial charge in [-0.1, -0.05) is 18.2 Å². The Labute approximate surface area is 150 Å². The van der Waals surface area contributed by atoms with Crippen LogP contribution in [0.3, 0.4) is 0 Å². The zero-order valence-corrected chi connectivity index (χ0v) is 14.5. The number of hydrogen-bond donors (Lipinski definition) is 0. The Morgan fingerprint density at radius 1 is 1.19 bits per heavy atom. The fourth-order valence-corrected chi connectivity index (χ4v) is 3.34. The van der Waals surface area contributed by atoms with Crippen LogP contribution in [0.2, 0.25) is 0 Å². The summed E-state index contributed by atoms with van der Waals surface area (Å²) in [5.41, 5.74) is 2.77. The van der Waals surface area contributed by atoms with Crippen LogP contribution in [-0.4, -0.2) is 34.0 Å². The first-order valence-corrected chi connectivity index (χ1v) is 8.53. The van der Waals surface area contributed by atoms with Crippen molar-refractivity contribution in [3.05, 3.63) is 70.3 Å². The van der Waals surface area contributed by atoms with Gasteiger partial charge in [0, 0.05) is 13.1 Å². The van der Waals surface area contributed by atoms with E-state index in [2.05, 4.69) is 4.98 Å². The lowest BCUT2D eigenvalue weighted by atomic mass is 9.99. The highest BCUT2D eigenvalue weighted by Gasteiger charge is 2.21. The van der Waals surface area contributed by atoms with Crippen LogP contribution >= 0.6 is 0 Å². The normalized spacial score (nSPS) is 13.5. The number of ether oxygens (including phenoxy) is 1. The van der Waals surface area contributed by atoms with Crippen LogP contribution in [0.25, 0.3) is 10.9 Å². The molecular formula is C20H19N3O3. The van der Waals surface area contributed by atoms with E-state index in [0.717, 1.165) is 17.7 Å². The first kappa shape index (κ1) is 16.3. The number of rotatable bonds is 3. The number of amides is 1. The topological polar surface area (TPSA) is 64.4 Å². The summed E-state index contributed by atoms with van der Waals surface area (Å²) in [7, 11) is 1.63. The van der Waals surface area contributed by atoms with E-state index in [1.807, 2.05) is 24.3 Å². The van der Waals surface area contributed by atoms with Crippen LogP contribution in [0.1, 0.15) is 11.1 Å². The Hall–Kier alpha value is -3.15. The van der Waals surface area contributed by atoms with Gasteiger partial charge in [0.25, 0.3) is 5.56 Å². The molecule has 0 spiro atoms. The molecule has 6 heteroatoms. The largest absolute Gasteiger partial charge is 0.497 e. The second-order valence-electron chi connectivity index (χ2n) is 6.39. The zero-order chi connectivity index (χ0) is 18.1. The van der Waals surface area contributed by atoms with Gasteiger partial charge in [-0.25, -0.2) is 4.98 Å². The standard InChI is InChI=1S/C20H19N3O3/c1-26-16-7-6-14-8-9-22(11-15(14)10-16)19(24)12-23-13-21-18-5-3-2-4-17(18)20(23)25/h2-7,10,13H,8-9,11-12H2,1H3. The van der Waals surface area contributed by atoms with E-state index >= 15 is 0 Å². The summed E-state index contributed by atoms with van der Waals surface area (Å²) in [5.74, 6) is 0.700. The minimum Gasteiger partial charge on any atom is -0.497 e. The van der Waals surface area contributed by atoms with E-state index in [9.17, 15) is 9.59 Å². The predicted molar refractivity (Wildman–Crippen MR) is 98.1 cm³/mol. The van der Waals surface area contributed by atoms with E-state index in [1.165, 1.54) is 16.5 Å². The molecule has 1 aliphatic heterocycles. The zero-order valence-electron chi connectivity index (χ0n) is 14.5. The molecule has 2 aromatic carbocycles. The maximum absolute atomic E-state index is 12.7. The molecule has 4 rings (SSSR count). The second-order valence-corrected chi connectivity index (χ2v) is 6.39. The number of hydrogen-bond acceptors (Lipinski definition) is 4. The minimum atomic E-state index is -0.192. The number of nitrogens with zero attached hydrogens (tertiary/aromatic N) is 3. The van der Waals surface area contributed by atoms with Gasteiger partial charge in [0.1, 0.15) is 12.3 Å². The minimum absolute atomic E-state index is 0.00400. The number of para-hydroxylation sites is 1. The molecule has 6 nitrogen and oxygen atoms in total. The summed E-state index contributed by atoms with van der Waals surface area (Å²) in [6.07, 6.45) is 2.25. The average Bonchev–Trinajstić information content (AvgIpc) is 2.69. The quantitative estimate of drug-likeness (QED) is 0.725. The van der Waals surface area contributed by atoms with Crippen molar-refractivity contribution in [1.29, 1.82) is 0 Å². The Bertz CT molecular complexity index is 1040. The molecule has 1 aromatic heterocycles. The molecular weight excluding hydrogens is 330 g/mol. The van der Waals surface area contributed by atoms with Gasteiger partial charge < -0.3 is 9.64 Å². The second kappa shape index (κ2) is 6.63. The first-order chi connectivity index (χ1) is 12.7. The smallest absolute Gasteiger partial charge is 0.261 e. The molecule has 0 aliphatic carbocycles. The van der Waals surface area contributed by atoms with Crippen molar-refractivity contribution in [3.8, 4) is 5.75 Å². The first-order valence-electron chi connectivity index (χ1n) is 8.53. The molecule has 26 heavy (non-hydrogen) atoms. The van der Waals surface area contributed by atoms with Gasteiger partial charge in [-0.05, 0) is 41.8 Å². The molecule has 0 radical (unpaired) electrons. The maximum atomic E-state index is 12.7. The maximum Gasteiger partial charge on any atom is 0.261 e. The van der Waals surface area contributed by atoms with Gasteiger partial charge >= 0.3 is 0 Å². The van der Waals surface area contributed by atoms with Crippen molar-refractivity contribution < 1.29 is 9.53 Å². The summed E-state index contributed by atoms with van der Waals surface area (Å²) < 4.78 is 6.65. The number of carbonyl (C=O) groups is 1. The van der Waals surface area contributed by atoms with Crippen LogP contribution < -0.4 is 10.3 Å². The highest BCUT2D eigenvalue weighted by Crippen LogP contribution is 2.23. The van der Waals surface area contributed by atoms with E-state index < -0.39 is 0 Å². The molecule has 2 heterocycles. The summed E-state index contributed by atoms with van der Waals surface area (Å²) in [6.45, 7) is 1.17. The number of benzene rings is 2. The molecule has 3 aromatic rings.